The molecule has 0 aromatic heterocycles. The summed E-state index contributed by atoms with van der Waals surface area (Å²) in [6.07, 6.45) is 3.83. The topological polar surface area (TPSA) is 84.7 Å². The average molecular weight is 368 g/mol. The van der Waals surface area contributed by atoms with E-state index in [1.54, 1.807) is 4.90 Å². The normalized spacial score (nSPS) is 19.9. The van der Waals surface area contributed by atoms with Gasteiger partial charge in [-0.15, -0.1) is 12.4 Å². The highest BCUT2D eigenvalue weighted by Gasteiger charge is 2.38. The van der Waals surface area contributed by atoms with Crippen LogP contribution in [0, 0.1) is 5.41 Å². The Morgan fingerprint density at radius 1 is 1.28 bits per heavy atom. The molecule has 0 radical (unpaired) electrons. The summed E-state index contributed by atoms with van der Waals surface area (Å²) in [7, 11) is 0. The van der Waals surface area contributed by atoms with Crippen LogP contribution in [-0.4, -0.2) is 38.1 Å². The number of carbonyl (C=O) groups is 2. The van der Waals surface area contributed by atoms with E-state index in [9.17, 15) is 9.59 Å². The van der Waals surface area contributed by atoms with Gasteiger partial charge in [0.1, 0.15) is 0 Å². The first-order valence-electron chi connectivity index (χ1n) is 8.64. The molecule has 2 aliphatic rings. The molecule has 0 unspecified atom stereocenters. The standard InChI is InChI=1S/C18H25N3O3.ClH/c19-13-18(7-10-24-11-8-18)17(23)20-14-4-3-5-15(12-14)21-9-2-1-6-16(21)22;/h3-5,12H,1-2,6-11,13,19H2,(H,20,23);1H. The predicted molar refractivity (Wildman–Crippen MR) is 100 cm³/mol. The second-order valence-corrected chi connectivity index (χ2v) is 6.60. The number of nitrogens with one attached hydrogen (secondary N) is 1. The number of rotatable bonds is 4. The van der Waals surface area contributed by atoms with Crippen molar-refractivity contribution in [2.75, 3.05) is 36.5 Å². The molecule has 3 N–H and O–H groups in total. The molecule has 0 aliphatic carbocycles. The Labute approximate surface area is 154 Å². The molecule has 25 heavy (non-hydrogen) atoms. The molecule has 0 atom stereocenters. The monoisotopic (exact) mass is 367 g/mol. The molecule has 2 aliphatic heterocycles. The van der Waals surface area contributed by atoms with E-state index in [4.69, 9.17) is 10.5 Å². The molecule has 2 fully saturated rings. The van der Waals surface area contributed by atoms with E-state index in [1.807, 2.05) is 24.3 Å². The lowest BCUT2D eigenvalue weighted by atomic mass is 9.79. The molecular weight excluding hydrogens is 342 g/mol. The number of piperidine rings is 1. The number of benzene rings is 1. The van der Waals surface area contributed by atoms with E-state index < -0.39 is 5.41 Å². The van der Waals surface area contributed by atoms with Gasteiger partial charge in [-0.1, -0.05) is 6.07 Å². The van der Waals surface area contributed by atoms with Crippen LogP contribution in [0.4, 0.5) is 11.4 Å². The zero-order chi connectivity index (χ0) is 17.0. The summed E-state index contributed by atoms with van der Waals surface area (Å²) in [5.74, 6) is 0.0861. The van der Waals surface area contributed by atoms with Crippen LogP contribution in [0.25, 0.3) is 0 Å². The zero-order valence-electron chi connectivity index (χ0n) is 14.3. The van der Waals surface area contributed by atoms with Gasteiger partial charge < -0.3 is 20.7 Å². The highest BCUT2D eigenvalue weighted by molar-refractivity contribution is 5.98. The summed E-state index contributed by atoms with van der Waals surface area (Å²) < 4.78 is 5.36. The molecule has 0 saturated carbocycles. The minimum atomic E-state index is -0.560. The van der Waals surface area contributed by atoms with Gasteiger partial charge in [-0.05, 0) is 43.9 Å². The number of hydrogen-bond acceptors (Lipinski definition) is 4. The zero-order valence-corrected chi connectivity index (χ0v) is 15.1. The molecule has 2 heterocycles. The molecule has 1 aromatic rings. The van der Waals surface area contributed by atoms with Crippen molar-refractivity contribution in [1.82, 2.24) is 0 Å². The highest BCUT2D eigenvalue weighted by Crippen LogP contribution is 2.31. The third-order valence-electron chi connectivity index (χ3n) is 5.06. The van der Waals surface area contributed by atoms with E-state index >= 15 is 0 Å². The molecular formula is C18H26ClN3O3. The van der Waals surface area contributed by atoms with Crippen LogP contribution in [-0.2, 0) is 14.3 Å². The van der Waals surface area contributed by atoms with Crippen molar-refractivity contribution in [1.29, 1.82) is 0 Å². The van der Waals surface area contributed by atoms with Crippen molar-refractivity contribution >= 4 is 35.6 Å². The van der Waals surface area contributed by atoms with Crippen LogP contribution >= 0.6 is 12.4 Å². The van der Waals surface area contributed by atoms with E-state index in [-0.39, 0.29) is 24.2 Å². The minimum Gasteiger partial charge on any atom is -0.381 e. The van der Waals surface area contributed by atoms with Crippen molar-refractivity contribution in [3.05, 3.63) is 24.3 Å². The van der Waals surface area contributed by atoms with E-state index in [0.717, 1.165) is 25.1 Å². The van der Waals surface area contributed by atoms with Gasteiger partial charge in [0.15, 0.2) is 0 Å². The quantitative estimate of drug-likeness (QED) is 0.855. The number of halogens is 1. The maximum atomic E-state index is 12.7. The summed E-state index contributed by atoms with van der Waals surface area (Å²) in [5, 5.41) is 2.99. The summed E-state index contributed by atoms with van der Waals surface area (Å²) in [6, 6.07) is 7.49. The first-order valence-corrected chi connectivity index (χ1v) is 8.64. The summed E-state index contributed by atoms with van der Waals surface area (Å²) in [4.78, 5) is 26.6. The van der Waals surface area contributed by atoms with Gasteiger partial charge in [-0.3, -0.25) is 9.59 Å². The second-order valence-electron chi connectivity index (χ2n) is 6.60. The highest BCUT2D eigenvalue weighted by atomic mass is 35.5. The fourth-order valence-electron chi connectivity index (χ4n) is 3.38. The smallest absolute Gasteiger partial charge is 0.232 e. The summed E-state index contributed by atoms with van der Waals surface area (Å²) in [6.45, 7) is 2.17. The number of nitrogens with zero attached hydrogens (tertiary/aromatic N) is 1. The number of ether oxygens (including phenoxy) is 1. The molecule has 138 valence electrons. The predicted octanol–water partition coefficient (Wildman–Crippen LogP) is 2.32. The van der Waals surface area contributed by atoms with Crippen LogP contribution in [0.15, 0.2) is 24.3 Å². The van der Waals surface area contributed by atoms with E-state index in [2.05, 4.69) is 5.32 Å². The average Bonchev–Trinajstić information content (AvgIpc) is 2.63. The number of carbonyl (C=O) groups excluding carboxylic acids is 2. The van der Waals surface area contributed by atoms with Gasteiger partial charge in [-0.2, -0.15) is 0 Å². The first-order chi connectivity index (χ1) is 11.6. The molecule has 1 aromatic carbocycles. The van der Waals surface area contributed by atoms with Crippen molar-refractivity contribution in [2.45, 2.75) is 32.1 Å². The Morgan fingerprint density at radius 2 is 2.04 bits per heavy atom. The van der Waals surface area contributed by atoms with Gasteiger partial charge >= 0.3 is 0 Å². The SMILES string of the molecule is Cl.NCC1(C(=O)Nc2cccc(N3CCCCC3=O)c2)CCOCC1. The van der Waals surface area contributed by atoms with Gasteiger partial charge in [0.05, 0.1) is 5.41 Å². The Morgan fingerprint density at radius 3 is 2.72 bits per heavy atom. The lowest BCUT2D eigenvalue weighted by molar-refractivity contribution is -0.130. The van der Waals surface area contributed by atoms with E-state index in [1.165, 1.54) is 0 Å². The van der Waals surface area contributed by atoms with Gasteiger partial charge in [0.25, 0.3) is 0 Å². The number of hydrogen-bond donors (Lipinski definition) is 2. The lowest BCUT2D eigenvalue weighted by Gasteiger charge is -2.34. The van der Waals surface area contributed by atoms with Crippen LogP contribution in [0.1, 0.15) is 32.1 Å². The molecule has 0 spiro atoms. The van der Waals surface area contributed by atoms with E-state index in [0.29, 0.717) is 44.7 Å². The third kappa shape index (κ3) is 4.32. The van der Waals surface area contributed by atoms with Crippen LogP contribution < -0.4 is 16.0 Å². The Bertz CT molecular complexity index is 617. The molecule has 7 heteroatoms. The van der Waals surface area contributed by atoms with Crippen molar-refractivity contribution < 1.29 is 14.3 Å². The Kier molecular flexibility index (Phi) is 6.81. The molecule has 2 amide bonds. The lowest BCUT2D eigenvalue weighted by Crippen LogP contribution is -2.46. The van der Waals surface area contributed by atoms with Crippen LogP contribution in [0.2, 0.25) is 0 Å². The number of nitrogens with two attached hydrogens (primary N) is 1. The van der Waals surface area contributed by atoms with Gasteiger partial charge in [0.2, 0.25) is 11.8 Å². The maximum Gasteiger partial charge on any atom is 0.232 e. The van der Waals surface area contributed by atoms with Crippen molar-refractivity contribution in [3.8, 4) is 0 Å². The fraction of sp³-hybridized carbons (Fsp3) is 0.556. The van der Waals surface area contributed by atoms with Crippen LogP contribution in [0.3, 0.4) is 0 Å². The van der Waals surface area contributed by atoms with Crippen LogP contribution in [0.5, 0.6) is 0 Å². The van der Waals surface area contributed by atoms with Gasteiger partial charge in [-0.25, -0.2) is 0 Å². The largest absolute Gasteiger partial charge is 0.381 e. The first kappa shape index (κ1) is 19.7. The maximum absolute atomic E-state index is 12.7. The number of amides is 2. The summed E-state index contributed by atoms with van der Waals surface area (Å²) in [5.41, 5.74) is 6.87. The molecule has 6 nitrogen and oxygen atoms in total. The number of anilines is 2. The second kappa shape index (κ2) is 8.65. The fourth-order valence-corrected chi connectivity index (χ4v) is 3.38. The molecule has 0 bridgehead atoms. The third-order valence-corrected chi connectivity index (χ3v) is 5.06. The van der Waals surface area contributed by atoms with Crippen molar-refractivity contribution in [2.24, 2.45) is 11.1 Å². The minimum absolute atomic E-state index is 0. The van der Waals surface area contributed by atoms with Gasteiger partial charge in [0, 0.05) is 44.1 Å². The Hall–Kier alpha value is -1.63. The van der Waals surface area contributed by atoms with Crippen molar-refractivity contribution in [3.63, 3.8) is 0 Å². The summed E-state index contributed by atoms with van der Waals surface area (Å²) >= 11 is 0. The Balaban J connectivity index is 0.00000225. The molecule has 3 rings (SSSR count). The molecule has 2 saturated heterocycles.